The van der Waals surface area contributed by atoms with E-state index in [4.69, 9.17) is 5.73 Å². The molecule has 0 spiro atoms. The van der Waals surface area contributed by atoms with E-state index in [0.29, 0.717) is 12.3 Å². The summed E-state index contributed by atoms with van der Waals surface area (Å²) in [5.74, 6) is 0.0436. The predicted octanol–water partition coefficient (Wildman–Crippen LogP) is 2.10. The van der Waals surface area contributed by atoms with Crippen LogP contribution in [-0.4, -0.2) is 29.0 Å². The van der Waals surface area contributed by atoms with Gasteiger partial charge in [0.1, 0.15) is 5.75 Å². The Morgan fingerprint density at radius 3 is 2.37 bits per heavy atom. The van der Waals surface area contributed by atoms with E-state index in [9.17, 15) is 9.90 Å². The van der Waals surface area contributed by atoms with Gasteiger partial charge in [-0.1, -0.05) is 25.5 Å². The summed E-state index contributed by atoms with van der Waals surface area (Å²) in [6.45, 7) is 7.71. The van der Waals surface area contributed by atoms with Gasteiger partial charge in [-0.3, -0.25) is 9.69 Å². The number of amides is 1. The van der Waals surface area contributed by atoms with Crippen LogP contribution >= 0.6 is 0 Å². The van der Waals surface area contributed by atoms with Gasteiger partial charge in [-0.05, 0) is 43.5 Å². The van der Waals surface area contributed by atoms with E-state index in [1.165, 1.54) is 0 Å². The number of phenolic OH excluding ortho intramolecular Hbond substituents is 1. The first-order valence-corrected chi connectivity index (χ1v) is 6.73. The van der Waals surface area contributed by atoms with Crippen LogP contribution in [0.3, 0.4) is 0 Å². The molecule has 0 bridgehead atoms. The van der Waals surface area contributed by atoms with Gasteiger partial charge in [0.2, 0.25) is 5.91 Å². The van der Waals surface area contributed by atoms with E-state index in [-0.39, 0.29) is 12.5 Å². The highest BCUT2D eigenvalue weighted by Gasteiger charge is 2.10. The van der Waals surface area contributed by atoms with E-state index in [2.05, 4.69) is 11.8 Å². The number of nitrogens with two attached hydrogens (primary N) is 1. The van der Waals surface area contributed by atoms with Crippen molar-refractivity contribution in [2.75, 3.05) is 13.1 Å². The Labute approximate surface area is 115 Å². The normalized spacial score (nSPS) is 10.9. The molecule has 1 amide bonds. The summed E-state index contributed by atoms with van der Waals surface area (Å²) in [4.78, 5) is 13.1. The summed E-state index contributed by atoms with van der Waals surface area (Å²) >= 11 is 0. The summed E-state index contributed by atoms with van der Waals surface area (Å²) in [6, 6.07) is 3.92. The summed E-state index contributed by atoms with van der Waals surface area (Å²) in [6.07, 6.45) is 2.13. The van der Waals surface area contributed by atoms with Crippen molar-refractivity contribution in [2.45, 2.75) is 40.2 Å². The number of rotatable bonds is 7. The summed E-state index contributed by atoms with van der Waals surface area (Å²) in [7, 11) is 0. The third-order valence-corrected chi connectivity index (χ3v) is 3.16. The lowest BCUT2D eigenvalue weighted by Gasteiger charge is -2.21. The van der Waals surface area contributed by atoms with Crippen LogP contribution in [0.4, 0.5) is 0 Å². The monoisotopic (exact) mass is 264 g/mol. The van der Waals surface area contributed by atoms with Crippen LogP contribution in [-0.2, 0) is 11.3 Å². The molecule has 0 saturated carbocycles. The Morgan fingerprint density at radius 1 is 1.32 bits per heavy atom. The maximum absolute atomic E-state index is 11.1. The van der Waals surface area contributed by atoms with Crippen LogP contribution in [0.5, 0.6) is 5.75 Å². The third kappa shape index (κ3) is 4.91. The molecule has 3 N–H and O–H groups in total. The summed E-state index contributed by atoms with van der Waals surface area (Å²) in [5.41, 5.74) is 8.11. The lowest BCUT2D eigenvalue weighted by atomic mass is 10.1. The molecule has 1 aromatic rings. The van der Waals surface area contributed by atoms with Crippen molar-refractivity contribution in [2.24, 2.45) is 5.73 Å². The van der Waals surface area contributed by atoms with Crippen molar-refractivity contribution in [3.05, 3.63) is 28.8 Å². The fraction of sp³-hybridized carbons (Fsp3) is 0.533. The quantitative estimate of drug-likeness (QED) is 0.792. The molecule has 0 aliphatic rings. The highest BCUT2D eigenvalue weighted by Crippen LogP contribution is 2.23. The first-order chi connectivity index (χ1) is 8.93. The number of aromatic hydroxyl groups is 1. The molecule has 4 nitrogen and oxygen atoms in total. The van der Waals surface area contributed by atoms with Gasteiger partial charge in [-0.2, -0.15) is 0 Å². The van der Waals surface area contributed by atoms with Gasteiger partial charge in [0.05, 0.1) is 6.54 Å². The van der Waals surface area contributed by atoms with Crippen LogP contribution < -0.4 is 5.73 Å². The molecular weight excluding hydrogens is 240 g/mol. The van der Waals surface area contributed by atoms with E-state index < -0.39 is 0 Å². The van der Waals surface area contributed by atoms with Gasteiger partial charge in [0.15, 0.2) is 0 Å². The second kappa shape index (κ2) is 7.14. The zero-order valence-corrected chi connectivity index (χ0v) is 12.1. The number of hydrogen-bond acceptors (Lipinski definition) is 3. The number of benzene rings is 1. The van der Waals surface area contributed by atoms with E-state index in [0.717, 1.165) is 36.1 Å². The van der Waals surface area contributed by atoms with Crippen LogP contribution in [0, 0.1) is 13.8 Å². The molecule has 0 saturated heterocycles. The van der Waals surface area contributed by atoms with Crippen LogP contribution in [0.25, 0.3) is 0 Å². The average Bonchev–Trinajstić information content (AvgIpc) is 2.32. The molecule has 1 aromatic carbocycles. The molecule has 19 heavy (non-hydrogen) atoms. The zero-order valence-electron chi connectivity index (χ0n) is 12.1. The minimum absolute atomic E-state index is 0.277. The summed E-state index contributed by atoms with van der Waals surface area (Å²) in [5, 5.41) is 9.76. The lowest BCUT2D eigenvalue weighted by molar-refractivity contribution is -0.119. The van der Waals surface area contributed by atoms with Crippen molar-refractivity contribution in [3.63, 3.8) is 0 Å². The van der Waals surface area contributed by atoms with Crippen molar-refractivity contribution in [1.82, 2.24) is 4.90 Å². The van der Waals surface area contributed by atoms with Gasteiger partial charge >= 0.3 is 0 Å². The van der Waals surface area contributed by atoms with Gasteiger partial charge in [0, 0.05) is 6.54 Å². The third-order valence-electron chi connectivity index (χ3n) is 3.16. The first-order valence-electron chi connectivity index (χ1n) is 6.73. The number of carbonyl (C=O) groups excluding carboxylic acids is 1. The second-order valence-electron chi connectivity index (χ2n) is 5.11. The minimum atomic E-state index is -0.302. The largest absolute Gasteiger partial charge is 0.507 e. The molecule has 0 aliphatic carbocycles. The van der Waals surface area contributed by atoms with Gasteiger partial charge in [0.25, 0.3) is 0 Å². The fourth-order valence-corrected chi connectivity index (χ4v) is 2.21. The highest BCUT2D eigenvalue weighted by atomic mass is 16.3. The molecule has 0 atom stereocenters. The molecule has 106 valence electrons. The number of primary amides is 1. The van der Waals surface area contributed by atoms with Gasteiger partial charge in [-0.15, -0.1) is 0 Å². The Bertz CT molecular complexity index is 421. The topological polar surface area (TPSA) is 66.6 Å². The number of unbranched alkanes of at least 4 members (excludes halogenated alkanes) is 1. The van der Waals surface area contributed by atoms with Crippen LogP contribution in [0.1, 0.15) is 36.5 Å². The highest BCUT2D eigenvalue weighted by molar-refractivity contribution is 5.75. The standard InChI is InChI=1S/C15H24N2O2/c1-4-5-6-17(10-14(16)18)9-13-7-11(2)15(19)12(3)8-13/h7-8,19H,4-6,9-10H2,1-3H3,(H2,16,18). The average molecular weight is 264 g/mol. The van der Waals surface area contributed by atoms with Crippen molar-refractivity contribution in [3.8, 4) is 5.75 Å². The predicted molar refractivity (Wildman–Crippen MR) is 77.0 cm³/mol. The second-order valence-corrected chi connectivity index (χ2v) is 5.11. The first kappa shape index (κ1) is 15.5. The smallest absolute Gasteiger partial charge is 0.231 e. The molecule has 1 rings (SSSR count). The Kier molecular flexibility index (Phi) is 5.83. The molecule has 0 aromatic heterocycles. The number of phenols is 1. The number of hydrogen-bond donors (Lipinski definition) is 2. The van der Waals surface area contributed by atoms with Crippen LogP contribution in [0.15, 0.2) is 12.1 Å². The van der Waals surface area contributed by atoms with Gasteiger partial charge < -0.3 is 10.8 Å². The van der Waals surface area contributed by atoms with E-state index in [1.54, 1.807) is 0 Å². The molecule has 0 fully saturated rings. The van der Waals surface area contributed by atoms with E-state index in [1.807, 2.05) is 26.0 Å². The Hall–Kier alpha value is -1.55. The zero-order chi connectivity index (χ0) is 14.4. The minimum Gasteiger partial charge on any atom is -0.507 e. The molecule has 0 aliphatic heterocycles. The Balaban J connectivity index is 2.80. The van der Waals surface area contributed by atoms with Crippen molar-refractivity contribution in [1.29, 1.82) is 0 Å². The van der Waals surface area contributed by atoms with Crippen LogP contribution in [0.2, 0.25) is 0 Å². The maximum Gasteiger partial charge on any atom is 0.231 e. The lowest BCUT2D eigenvalue weighted by Crippen LogP contribution is -2.34. The van der Waals surface area contributed by atoms with Gasteiger partial charge in [-0.25, -0.2) is 0 Å². The SMILES string of the molecule is CCCCN(CC(N)=O)Cc1cc(C)c(O)c(C)c1. The van der Waals surface area contributed by atoms with E-state index >= 15 is 0 Å². The summed E-state index contributed by atoms with van der Waals surface area (Å²) < 4.78 is 0. The Morgan fingerprint density at radius 2 is 1.89 bits per heavy atom. The number of nitrogens with zero attached hydrogens (tertiary/aromatic N) is 1. The molecule has 4 heteroatoms. The molecule has 0 heterocycles. The number of aryl methyl sites for hydroxylation is 2. The molecule has 0 radical (unpaired) electrons. The number of carbonyl (C=O) groups is 1. The maximum atomic E-state index is 11.1. The van der Waals surface area contributed by atoms with Crippen molar-refractivity contribution < 1.29 is 9.90 Å². The van der Waals surface area contributed by atoms with Crippen molar-refractivity contribution >= 4 is 5.91 Å². The fourth-order valence-electron chi connectivity index (χ4n) is 2.21. The molecule has 0 unspecified atom stereocenters. The molecular formula is C15H24N2O2.